The van der Waals surface area contributed by atoms with Crippen LogP contribution in [0.2, 0.25) is 0 Å². The quantitative estimate of drug-likeness (QED) is 0.563. The molecule has 1 aliphatic heterocycles. The molecular formula is C23H24BrFN2O. The van der Waals surface area contributed by atoms with Crippen LogP contribution in [-0.4, -0.2) is 24.7 Å². The molecule has 0 aliphatic carbocycles. The summed E-state index contributed by atoms with van der Waals surface area (Å²) in [4.78, 5) is 4.57. The molecule has 0 saturated carbocycles. The number of pyridine rings is 1. The van der Waals surface area contributed by atoms with Gasteiger partial charge in [-0.05, 0) is 68.8 Å². The van der Waals surface area contributed by atoms with Crippen LogP contribution < -0.4 is 5.32 Å². The number of ether oxygens (including phenoxy) is 1. The highest BCUT2D eigenvalue weighted by molar-refractivity contribution is 9.10. The van der Waals surface area contributed by atoms with Crippen molar-refractivity contribution < 1.29 is 9.13 Å². The molecule has 1 atom stereocenters. The minimum Gasteiger partial charge on any atom is -0.373 e. The third kappa shape index (κ3) is 3.97. The molecule has 0 amide bonds. The van der Waals surface area contributed by atoms with Crippen LogP contribution in [-0.2, 0) is 10.2 Å². The Morgan fingerprint density at radius 2 is 1.93 bits per heavy atom. The molecule has 2 heterocycles. The molecular weight excluding hydrogens is 419 g/mol. The zero-order chi connectivity index (χ0) is 19.6. The summed E-state index contributed by atoms with van der Waals surface area (Å²) in [6, 6.07) is 15.1. The van der Waals surface area contributed by atoms with Crippen LogP contribution in [0.5, 0.6) is 0 Å². The Bertz CT molecular complexity index is 954. The summed E-state index contributed by atoms with van der Waals surface area (Å²) in [5, 5.41) is 4.52. The van der Waals surface area contributed by atoms with E-state index < -0.39 is 0 Å². The van der Waals surface area contributed by atoms with Crippen molar-refractivity contribution >= 4 is 26.8 Å². The first-order chi connectivity index (χ1) is 13.6. The van der Waals surface area contributed by atoms with Crippen LogP contribution in [0.15, 0.2) is 59.2 Å². The smallest absolute Gasteiger partial charge is 0.123 e. The molecule has 1 saturated heterocycles. The molecule has 1 N–H and O–H groups in total. The average molecular weight is 443 g/mol. The normalized spacial score (nSPS) is 17.5. The van der Waals surface area contributed by atoms with E-state index in [9.17, 15) is 4.39 Å². The van der Waals surface area contributed by atoms with E-state index in [0.29, 0.717) is 6.61 Å². The van der Waals surface area contributed by atoms with Crippen molar-refractivity contribution in [1.29, 1.82) is 0 Å². The fourth-order valence-corrected chi connectivity index (χ4v) is 4.59. The Hall–Kier alpha value is -1.82. The molecule has 5 heteroatoms. The first-order valence-electron chi connectivity index (χ1n) is 9.70. The second kappa shape index (κ2) is 8.27. The molecule has 1 aromatic heterocycles. The number of halogens is 2. The van der Waals surface area contributed by atoms with Crippen LogP contribution in [0.3, 0.4) is 0 Å². The lowest BCUT2D eigenvalue weighted by atomic mass is 9.74. The topological polar surface area (TPSA) is 34.1 Å². The summed E-state index contributed by atoms with van der Waals surface area (Å²) < 4.78 is 20.9. The van der Waals surface area contributed by atoms with Gasteiger partial charge < -0.3 is 10.1 Å². The van der Waals surface area contributed by atoms with Crippen molar-refractivity contribution in [1.82, 2.24) is 10.3 Å². The number of nitrogens with one attached hydrogen (secondary N) is 1. The highest BCUT2D eigenvalue weighted by Crippen LogP contribution is 2.36. The second-order valence-corrected chi connectivity index (χ2v) is 8.48. The van der Waals surface area contributed by atoms with Crippen LogP contribution in [0.4, 0.5) is 4.39 Å². The zero-order valence-electron chi connectivity index (χ0n) is 15.9. The lowest BCUT2D eigenvalue weighted by Gasteiger charge is -2.38. The van der Waals surface area contributed by atoms with Gasteiger partial charge in [0.25, 0.3) is 0 Å². The monoisotopic (exact) mass is 442 g/mol. The van der Waals surface area contributed by atoms with Crippen LogP contribution in [0.1, 0.15) is 37.0 Å². The summed E-state index contributed by atoms with van der Waals surface area (Å²) in [6.45, 7) is 4.56. The Morgan fingerprint density at radius 1 is 1.18 bits per heavy atom. The molecule has 0 bridgehead atoms. The van der Waals surface area contributed by atoms with Crippen molar-refractivity contribution in [2.45, 2.75) is 31.3 Å². The largest absolute Gasteiger partial charge is 0.373 e. The van der Waals surface area contributed by atoms with E-state index in [0.717, 1.165) is 52.4 Å². The predicted octanol–water partition coefficient (Wildman–Crippen LogP) is 5.54. The van der Waals surface area contributed by atoms with E-state index in [4.69, 9.17) is 4.74 Å². The van der Waals surface area contributed by atoms with Gasteiger partial charge in [-0.25, -0.2) is 4.39 Å². The number of hydrogen-bond acceptors (Lipinski definition) is 3. The van der Waals surface area contributed by atoms with Crippen molar-refractivity contribution in [2.24, 2.45) is 0 Å². The van der Waals surface area contributed by atoms with E-state index in [1.54, 1.807) is 12.1 Å². The first kappa shape index (κ1) is 19.5. The van der Waals surface area contributed by atoms with Gasteiger partial charge in [-0.15, -0.1) is 0 Å². The minimum absolute atomic E-state index is 0.0948. The van der Waals surface area contributed by atoms with Gasteiger partial charge in [0.2, 0.25) is 0 Å². The van der Waals surface area contributed by atoms with Crippen molar-refractivity contribution in [3.63, 3.8) is 0 Å². The molecule has 1 aliphatic rings. The number of fused-ring (bicyclic) bond motifs is 1. The van der Waals surface area contributed by atoms with Gasteiger partial charge >= 0.3 is 0 Å². The number of aromatic nitrogens is 1. The van der Waals surface area contributed by atoms with E-state index >= 15 is 0 Å². The van der Waals surface area contributed by atoms with Gasteiger partial charge in [-0.1, -0.05) is 34.1 Å². The maximum Gasteiger partial charge on any atom is 0.123 e. The van der Waals surface area contributed by atoms with Gasteiger partial charge in [0.15, 0.2) is 0 Å². The second-order valence-electron chi connectivity index (χ2n) is 7.56. The third-order valence-corrected chi connectivity index (χ3v) is 6.22. The lowest BCUT2D eigenvalue weighted by Crippen LogP contribution is -2.43. The fourth-order valence-electron chi connectivity index (χ4n) is 4.09. The standard InChI is InChI=1S/C23H24BrFN2O/c1-16(21-14-19(24)13-17-3-2-10-27-22(17)21)28-15-23(8-11-26-12-9-23)18-4-6-20(25)7-5-18/h2-7,10,13-14,16,26H,8-9,11-12,15H2,1H3. The number of hydrogen-bond donors (Lipinski definition) is 1. The minimum atomic E-state index is -0.200. The van der Waals surface area contributed by atoms with Crippen LogP contribution >= 0.6 is 15.9 Å². The Kier molecular flexibility index (Phi) is 5.76. The van der Waals surface area contributed by atoms with Crippen LogP contribution in [0, 0.1) is 5.82 Å². The van der Waals surface area contributed by atoms with Gasteiger partial charge in [0.05, 0.1) is 18.2 Å². The molecule has 0 spiro atoms. The van der Waals surface area contributed by atoms with E-state index in [1.807, 2.05) is 24.4 Å². The zero-order valence-corrected chi connectivity index (χ0v) is 17.5. The molecule has 146 valence electrons. The molecule has 2 aromatic carbocycles. The van der Waals surface area contributed by atoms with E-state index in [-0.39, 0.29) is 17.3 Å². The first-order valence-corrected chi connectivity index (χ1v) is 10.5. The maximum absolute atomic E-state index is 13.4. The molecule has 4 rings (SSSR count). The van der Waals surface area contributed by atoms with Gasteiger partial charge in [0.1, 0.15) is 5.82 Å². The van der Waals surface area contributed by atoms with Gasteiger partial charge in [-0.2, -0.15) is 0 Å². The number of benzene rings is 2. The maximum atomic E-state index is 13.4. The summed E-state index contributed by atoms with van der Waals surface area (Å²) in [6.07, 6.45) is 3.67. The summed E-state index contributed by atoms with van der Waals surface area (Å²) in [5.41, 5.74) is 3.11. The molecule has 28 heavy (non-hydrogen) atoms. The number of nitrogens with zero attached hydrogens (tertiary/aromatic N) is 1. The van der Waals surface area contributed by atoms with Crippen molar-refractivity contribution in [2.75, 3.05) is 19.7 Å². The average Bonchev–Trinajstić information content (AvgIpc) is 2.72. The lowest BCUT2D eigenvalue weighted by molar-refractivity contribution is 0.0172. The third-order valence-electron chi connectivity index (χ3n) is 5.76. The fraction of sp³-hybridized carbons (Fsp3) is 0.348. The van der Waals surface area contributed by atoms with Crippen molar-refractivity contribution in [3.8, 4) is 0 Å². The number of piperidine rings is 1. The van der Waals surface area contributed by atoms with Crippen LogP contribution in [0.25, 0.3) is 10.9 Å². The number of rotatable bonds is 5. The summed E-state index contributed by atoms with van der Waals surface area (Å²) >= 11 is 3.61. The highest BCUT2D eigenvalue weighted by atomic mass is 79.9. The molecule has 0 radical (unpaired) electrons. The Morgan fingerprint density at radius 3 is 2.68 bits per heavy atom. The van der Waals surface area contributed by atoms with Gasteiger partial charge in [0, 0.05) is 27.0 Å². The summed E-state index contributed by atoms with van der Waals surface area (Å²) in [5.74, 6) is -0.200. The van der Waals surface area contributed by atoms with E-state index in [1.165, 1.54) is 0 Å². The van der Waals surface area contributed by atoms with E-state index in [2.05, 4.69) is 51.4 Å². The summed E-state index contributed by atoms with van der Waals surface area (Å²) in [7, 11) is 0. The molecule has 1 unspecified atom stereocenters. The van der Waals surface area contributed by atoms with Gasteiger partial charge in [-0.3, -0.25) is 4.98 Å². The Labute approximate surface area is 173 Å². The predicted molar refractivity (Wildman–Crippen MR) is 114 cm³/mol. The molecule has 3 nitrogen and oxygen atoms in total. The highest BCUT2D eigenvalue weighted by Gasteiger charge is 2.35. The van der Waals surface area contributed by atoms with Crippen molar-refractivity contribution in [3.05, 3.63) is 76.1 Å². The molecule has 3 aromatic rings. The Balaban J connectivity index is 1.60. The SMILES string of the molecule is CC(OCC1(c2ccc(F)cc2)CCNCC1)c1cc(Br)cc2cccnc12. The molecule has 1 fully saturated rings.